The molecule has 0 aromatic heterocycles. The van der Waals surface area contributed by atoms with E-state index in [0.717, 1.165) is 18.6 Å². The number of benzene rings is 2. The molecule has 1 saturated heterocycles. The Morgan fingerprint density at radius 1 is 1.14 bits per heavy atom. The van der Waals surface area contributed by atoms with E-state index in [1.807, 2.05) is 12.1 Å². The SMILES string of the molecule is CCCCOc1ccc(NC(=O)N2CCC(S(=O)(=O)c3ccccc3)C2)cc1. The molecule has 28 heavy (non-hydrogen) atoms. The zero-order chi connectivity index (χ0) is 20.0. The van der Waals surface area contributed by atoms with Crippen LogP contribution in [0.25, 0.3) is 0 Å². The fraction of sp³-hybridized carbons (Fsp3) is 0.381. The summed E-state index contributed by atoms with van der Waals surface area (Å²) in [4.78, 5) is 14.4. The minimum absolute atomic E-state index is 0.196. The molecule has 0 radical (unpaired) electrons. The third-order valence-electron chi connectivity index (χ3n) is 4.82. The lowest BCUT2D eigenvalue weighted by Gasteiger charge is -2.18. The molecule has 3 rings (SSSR count). The predicted octanol–water partition coefficient (Wildman–Crippen LogP) is 3.95. The summed E-state index contributed by atoms with van der Waals surface area (Å²) in [6.07, 6.45) is 2.51. The third kappa shape index (κ3) is 4.84. The van der Waals surface area contributed by atoms with Crippen molar-refractivity contribution in [2.45, 2.75) is 36.3 Å². The maximum Gasteiger partial charge on any atom is 0.321 e. The third-order valence-corrected chi connectivity index (χ3v) is 7.01. The van der Waals surface area contributed by atoms with Crippen molar-refractivity contribution in [1.82, 2.24) is 4.90 Å². The van der Waals surface area contributed by atoms with Gasteiger partial charge in [0.15, 0.2) is 9.84 Å². The van der Waals surface area contributed by atoms with Crippen molar-refractivity contribution < 1.29 is 17.9 Å². The molecule has 1 fully saturated rings. The van der Waals surface area contributed by atoms with Gasteiger partial charge in [0.05, 0.1) is 16.8 Å². The van der Waals surface area contributed by atoms with E-state index in [0.29, 0.717) is 30.2 Å². The Morgan fingerprint density at radius 2 is 1.86 bits per heavy atom. The van der Waals surface area contributed by atoms with E-state index in [-0.39, 0.29) is 12.6 Å². The fourth-order valence-electron chi connectivity index (χ4n) is 3.14. The lowest BCUT2D eigenvalue weighted by atomic mass is 10.3. The Morgan fingerprint density at radius 3 is 2.54 bits per heavy atom. The number of urea groups is 1. The van der Waals surface area contributed by atoms with E-state index < -0.39 is 15.1 Å². The first-order valence-corrected chi connectivity index (χ1v) is 11.1. The Kier molecular flexibility index (Phi) is 6.57. The molecular formula is C21H26N2O4S. The molecule has 1 aliphatic rings. The van der Waals surface area contributed by atoms with Gasteiger partial charge in [-0.2, -0.15) is 0 Å². The molecule has 0 spiro atoms. The molecule has 2 aromatic rings. The minimum atomic E-state index is -3.43. The smallest absolute Gasteiger partial charge is 0.321 e. The Balaban J connectivity index is 1.56. The van der Waals surface area contributed by atoms with Crippen LogP contribution in [-0.4, -0.2) is 44.3 Å². The second-order valence-electron chi connectivity index (χ2n) is 6.87. The number of rotatable bonds is 7. The fourth-order valence-corrected chi connectivity index (χ4v) is 4.85. The number of carbonyl (C=O) groups is 1. The van der Waals surface area contributed by atoms with Gasteiger partial charge in [0, 0.05) is 18.8 Å². The summed E-state index contributed by atoms with van der Waals surface area (Å²) >= 11 is 0. The summed E-state index contributed by atoms with van der Waals surface area (Å²) in [5, 5.41) is 2.25. The quantitative estimate of drug-likeness (QED) is 0.712. The molecule has 7 heteroatoms. The Hall–Kier alpha value is -2.54. The minimum Gasteiger partial charge on any atom is -0.494 e. The second-order valence-corrected chi connectivity index (χ2v) is 9.10. The molecule has 1 heterocycles. The summed E-state index contributed by atoms with van der Waals surface area (Å²) < 4.78 is 31.1. The van der Waals surface area contributed by atoms with Crippen molar-refractivity contribution in [3.63, 3.8) is 0 Å². The molecule has 1 unspecified atom stereocenters. The first-order valence-electron chi connectivity index (χ1n) is 9.58. The Labute approximate surface area is 166 Å². The van der Waals surface area contributed by atoms with Gasteiger partial charge < -0.3 is 15.0 Å². The standard InChI is InChI=1S/C21H26N2O4S/c1-2-3-15-27-18-11-9-17(10-12-18)22-21(24)23-14-13-20(16-23)28(25,26)19-7-5-4-6-8-19/h4-12,20H,2-3,13-16H2,1H3,(H,22,24). The van der Waals surface area contributed by atoms with E-state index in [2.05, 4.69) is 12.2 Å². The highest BCUT2D eigenvalue weighted by molar-refractivity contribution is 7.92. The lowest BCUT2D eigenvalue weighted by molar-refractivity contribution is 0.222. The van der Waals surface area contributed by atoms with Gasteiger partial charge in [-0.1, -0.05) is 31.5 Å². The van der Waals surface area contributed by atoms with E-state index in [1.165, 1.54) is 0 Å². The van der Waals surface area contributed by atoms with Crippen molar-refractivity contribution in [1.29, 1.82) is 0 Å². The van der Waals surface area contributed by atoms with Gasteiger partial charge in [-0.25, -0.2) is 13.2 Å². The zero-order valence-corrected chi connectivity index (χ0v) is 16.8. The highest BCUT2D eigenvalue weighted by Crippen LogP contribution is 2.24. The molecule has 2 aromatic carbocycles. The van der Waals surface area contributed by atoms with Gasteiger partial charge in [0.25, 0.3) is 0 Å². The maximum atomic E-state index is 12.7. The highest BCUT2D eigenvalue weighted by atomic mass is 32.2. The molecule has 6 nitrogen and oxygen atoms in total. The van der Waals surface area contributed by atoms with Crippen molar-refractivity contribution in [2.75, 3.05) is 25.0 Å². The van der Waals surface area contributed by atoms with Crippen LogP contribution in [0.2, 0.25) is 0 Å². The monoisotopic (exact) mass is 402 g/mol. The number of hydrogen-bond acceptors (Lipinski definition) is 4. The van der Waals surface area contributed by atoms with Crippen LogP contribution < -0.4 is 10.1 Å². The summed E-state index contributed by atoms with van der Waals surface area (Å²) in [5.74, 6) is 0.765. The number of nitrogens with one attached hydrogen (secondary N) is 1. The van der Waals surface area contributed by atoms with Gasteiger partial charge >= 0.3 is 6.03 Å². The van der Waals surface area contributed by atoms with E-state index in [1.54, 1.807) is 47.4 Å². The van der Waals surface area contributed by atoms with Crippen molar-refractivity contribution in [2.24, 2.45) is 0 Å². The first kappa shape index (κ1) is 20.2. The van der Waals surface area contributed by atoms with Crippen LogP contribution in [-0.2, 0) is 9.84 Å². The number of carbonyl (C=O) groups excluding carboxylic acids is 1. The Bertz CT molecular complexity index is 882. The molecule has 150 valence electrons. The zero-order valence-electron chi connectivity index (χ0n) is 16.0. The van der Waals surface area contributed by atoms with E-state index in [4.69, 9.17) is 4.74 Å². The van der Waals surface area contributed by atoms with Gasteiger partial charge in [-0.3, -0.25) is 0 Å². The topological polar surface area (TPSA) is 75.7 Å². The van der Waals surface area contributed by atoms with Crippen LogP contribution in [0.1, 0.15) is 26.2 Å². The van der Waals surface area contributed by atoms with Crippen LogP contribution in [0.15, 0.2) is 59.5 Å². The first-order chi connectivity index (χ1) is 13.5. The largest absolute Gasteiger partial charge is 0.494 e. The number of hydrogen-bond donors (Lipinski definition) is 1. The summed E-state index contributed by atoms with van der Waals surface area (Å²) in [6.45, 7) is 3.39. The molecule has 1 aliphatic heterocycles. The predicted molar refractivity (Wildman–Crippen MR) is 109 cm³/mol. The number of ether oxygens (including phenoxy) is 1. The number of anilines is 1. The molecule has 0 aliphatic carbocycles. The van der Waals surface area contributed by atoms with Gasteiger partial charge in [-0.05, 0) is 49.2 Å². The lowest BCUT2D eigenvalue weighted by Crippen LogP contribution is -2.35. The van der Waals surface area contributed by atoms with Crippen molar-refractivity contribution in [3.05, 3.63) is 54.6 Å². The molecule has 0 bridgehead atoms. The van der Waals surface area contributed by atoms with E-state index >= 15 is 0 Å². The van der Waals surface area contributed by atoms with Crippen LogP contribution in [0.5, 0.6) is 5.75 Å². The average molecular weight is 403 g/mol. The van der Waals surface area contributed by atoms with Crippen LogP contribution in [0.4, 0.5) is 10.5 Å². The number of unbranched alkanes of at least 4 members (excludes halogenated alkanes) is 1. The highest BCUT2D eigenvalue weighted by Gasteiger charge is 2.36. The summed E-state index contributed by atoms with van der Waals surface area (Å²) in [5.41, 5.74) is 0.655. The van der Waals surface area contributed by atoms with Gasteiger partial charge in [0.1, 0.15) is 5.75 Å². The normalized spacial score (nSPS) is 16.8. The van der Waals surface area contributed by atoms with Crippen molar-refractivity contribution in [3.8, 4) is 5.75 Å². The van der Waals surface area contributed by atoms with E-state index in [9.17, 15) is 13.2 Å². The van der Waals surface area contributed by atoms with Crippen LogP contribution in [0, 0.1) is 0 Å². The molecular weight excluding hydrogens is 376 g/mol. The summed E-state index contributed by atoms with van der Waals surface area (Å²) in [6, 6.07) is 15.3. The van der Waals surface area contributed by atoms with Crippen molar-refractivity contribution >= 4 is 21.6 Å². The number of nitrogens with zero attached hydrogens (tertiary/aromatic N) is 1. The van der Waals surface area contributed by atoms with Crippen LogP contribution >= 0.6 is 0 Å². The number of amides is 2. The van der Waals surface area contributed by atoms with Gasteiger partial charge in [-0.15, -0.1) is 0 Å². The molecule has 1 N–H and O–H groups in total. The number of likely N-dealkylation sites (tertiary alicyclic amines) is 1. The average Bonchev–Trinajstić information content (AvgIpc) is 3.21. The molecule has 0 saturated carbocycles. The summed E-state index contributed by atoms with van der Waals surface area (Å²) in [7, 11) is -3.43. The number of sulfone groups is 1. The second kappa shape index (κ2) is 9.10. The molecule has 2 amide bonds. The van der Waals surface area contributed by atoms with Gasteiger partial charge in [0.2, 0.25) is 0 Å². The molecule has 1 atom stereocenters. The van der Waals surface area contributed by atoms with Crippen LogP contribution in [0.3, 0.4) is 0 Å². The maximum absolute atomic E-state index is 12.7.